The Labute approximate surface area is 88.4 Å². The Balaban J connectivity index is 3.07. The summed E-state index contributed by atoms with van der Waals surface area (Å²) in [6.07, 6.45) is -1.11. The minimum Gasteiger partial charge on any atom is -0.493 e. The highest BCUT2D eigenvalue weighted by molar-refractivity contribution is 5.81. The van der Waals surface area contributed by atoms with E-state index in [0.29, 0.717) is 17.1 Å². The first-order valence-electron chi connectivity index (χ1n) is 4.50. The summed E-state index contributed by atoms with van der Waals surface area (Å²) in [7, 11) is 3.03. The van der Waals surface area contributed by atoms with Gasteiger partial charge in [-0.2, -0.15) is 0 Å². The van der Waals surface area contributed by atoms with E-state index in [9.17, 15) is 9.90 Å². The fourth-order valence-electron chi connectivity index (χ4n) is 1.26. The van der Waals surface area contributed by atoms with E-state index in [-0.39, 0.29) is 5.78 Å². The number of methoxy groups -OCH3 is 2. The first-order chi connectivity index (χ1) is 7.10. The molecule has 0 aliphatic heterocycles. The van der Waals surface area contributed by atoms with Crippen LogP contribution in [0.1, 0.15) is 18.6 Å². The van der Waals surface area contributed by atoms with Crippen LogP contribution in [0.15, 0.2) is 18.2 Å². The van der Waals surface area contributed by atoms with Crippen LogP contribution in [-0.4, -0.2) is 25.1 Å². The number of carbonyl (C=O) groups excluding carboxylic acids is 1. The van der Waals surface area contributed by atoms with E-state index >= 15 is 0 Å². The van der Waals surface area contributed by atoms with E-state index < -0.39 is 6.10 Å². The van der Waals surface area contributed by atoms with Crippen molar-refractivity contribution in [2.75, 3.05) is 14.2 Å². The van der Waals surface area contributed by atoms with Crippen molar-refractivity contribution in [1.82, 2.24) is 0 Å². The second-order valence-corrected chi connectivity index (χ2v) is 3.13. The van der Waals surface area contributed by atoms with Gasteiger partial charge in [0, 0.05) is 0 Å². The molecule has 0 aliphatic carbocycles. The summed E-state index contributed by atoms with van der Waals surface area (Å²) < 4.78 is 10.1. The van der Waals surface area contributed by atoms with Crippen molar-refractivity contribution in [1.29, 1.82) is 0 Å². The van der Waals surface area contributed by atoms with E-state index in [1.165, 1.54) is 21.1 Å². The number of rotatable bonds is 4. The summed E-state index contributed by atoms with van der Waals surface area (Å²) in [5, 5.41) is 9.54. The number of hydrogen-bond acceptors (Lipinski definition) is 4. The summed E-state index contributed by atoms with van der Waals surface area (Å²) in [5.41, 5.74) is 0.500. The highest BCUT2D eigenvalue weighted by atomic mass is 16.5. The van der Waals surface area contributed by atoms with E-state index in [0.717, 1.165) is 0 Å². The normalized spacial score (nSPS) is 12.0. The molecule has 1 atom stereocenters. The Morgan fingerprint density at radius 3 is 2.33 bits per heavy atom. The average molecular weight is 210 g/mol. The van der Waals surface area contributed by atoms with Gasteiger partial charge in [0.15, 0.2) is 17.3 Å². The number of ether oxygens (including phenoxy) is 2. The minimum absolute atomic E-state index is 0.304. The van der Waals surface area contributed by atoms with Crippen molar-refractivity contribution < 1.29 is 19.4 Å². The van der Waals surface area contributed by atoms with Gasteiger partial charge in [-0.3, -0.25) is 4.79 Å². The molecule has 1 rings (SSSR count). The smallest absolute Gasteiger partial charge is 0.162 e. The molecular formula is C11H14O4. The standard InChI is InChI=1S/C11H14O4/c1-7(12)11(13)8-4-5-9(14-2)10(6-8)15-3/h4-6,11,13H,1-3H3. The van der Waals surface area contributed by atoms with Gasteiger partial charge in [0.2, 0.25) is 0 Å². The van der Waals surface area contributed by atoms with Crippen molar-refractivity contribution >= 4 is 5.78 Å². The van der Waals surface area contributed by atoms with Crippen molar-refractivity contribution in [2.45, 2.75) is 13.0 Å². The van der Waals surface area contributed by atoms with Crippen LogP contribution in [0, 0.1) is 0 Å². The molecule has 1 N–H and O–H groups in total. The Morgan fingerprint density at radius 2 is 1.87 bits per heavy atom. The molecule has 1 aromatic carbocycles. The molecule has 4 nitrogen and oxygen atoms in total. The lowest BCUT2D eigenvalue weighted by molar-refractivity contribution is -0.125. The summed E-state index contributed by atoms with van der Waals surface area (Å²) in [6, 6.07) is 4.87. The lowest BCUT2D eigenvalue weighted by Crippen LogP contribution is -2.07. The highest BCUT2D eigenvalue weighted by Crippen LogP contribution is 2.30. The molecule has 0 saturated heterocycles. The molecule has 4 heteroatoms. The predicted molar refractivity (Wildman–Crippen MR) is 55.2 cm³/mol. The van der Waals surface area contributed by atoms with E-state index in [4.69, 9.17) is 9.47 Å². The molecule has 0 heterocycles. The predicted octanol–water partition coefficient (Wildman–Crippen LogP) is 1.33. The van der Waals surface area contributed by atoms with Crippen LogP contribution in [0.4, 0.5) is 0 Å². The zero-order chi connectivity index (χ0) is 11.4. The zero-order valence-corrected chi connectivity index (χ0v) is 8.98. The lowest BCUT2D eigenvalue weighted by Gasteiger charge is -2.11. The quantitative estimate of drug-likeness (QED) is 0.814. The first-order valence-corrected chi connectivity index (χ1v) is 4.50. The average Bonchev–Trinajstić information content (AvgIpc) is 2.26. The van der Waals surface area contributed by atoms with E-state index in [1.54, 1.807) is 18.2 Å². The van der Waals surface area contributed by atoms with Gasteiger partial charge in [0.05, 0.1) is 14.2 Å². The number of carbonyl (C=O) groups is 1. The van der Waals surface area contributed by atoms with Crippen LogP contribution in [0.25, 0.3) is 0 Å². The molecule has 82 valence electrons. The van der Waals surface area contributed by atoms with Gasteiger partial charge in [0.25, 0.3) is 0 Å². The number of hydrogen-bond donors (Lipinski definition) is 1. The van der Waals surface area contributed by atoms with Gasteiger partial charge >= 0.3 is 0 Å². The molecule has 0 bridgehead atoms. The van der Waals surface area contributed by atoms with Gasteiger partial charge in [-0.1, -0.05) is 6.07 Å². The van der Waals surface area contributed by atoms with Crippen molar-refractivity contribution in [3.8, 4) is 11.5 Å². The Kier molecular flexibility index (Phi) is 3.68. The number of Topliss-reactive ketones (excluding diaryl/α,β-unsaturated/α-hetero) is 1. The molecule has 0 spiro atoms. The summed E-state index contributed by atoms with van der Waals surface area (Å²) >= 11 is 0. The van der Waals surface area contributed by atoms with Crippen LogP contribution >= 0.6 is 0 Å². The molecule has 0 radical (unpaired) electrons. The van der Waals surface area contributed by atoms with Crippen LogP contribution in [-0.2, 0) is 4.79 Å². The van der Waals surface area contributed by atoms with E-state index in [2.05, 4.69) is 0 Å². The number of ketones is 1. The second-order valence-electron chi connectivity index (χ2n) is 3.13. The van der Waals surface area contributed by atoms with Crippen LogP contribution < -0.4 is 9.47 Å². The molecule has 0 amide bonds. The number of aliphatic hydroxyl groups excluding tert-OH is 1. The van der Waals surface area contributed by atoms with Crippen LogP contribution in [0.3, 0.4) is 0 Å². The third-order valence-electron chi connectivity index (χ3n) is 2.11. The minimum atomic E-state index is -1.11. The maximum Gasteiger partial charge on any atom is 0.162 e. The Morgan fingerprint density at radius 1 is 1.27 bits per heavy atom. The molecule has 0 fully saturated rings. The Hall–Kier alpha value is -1.55. The van der Waals surface area contributed by atoms with Gasteiger partial charge in [-0.05, 0) is 24.6 Å². The lowest BCUT2D eigenvalue weighted by atomic mass is 10.1. The fraction of sp³-hybridized carbons (Fsp3) is 0.364. The van der Waals surface area contributed by atoms with Crippen LogP contribution in [0.5, 0.6) is 11.5 Å². The number of benzene rings is 1. The monoisotopic (exact) mass is 210 g/mol. The second kappa shape index (κ2) is 4.79. The van der Waals surface area contributed by atoms with Gasteiger partial charge < -0.3 is 14.6 Å². The SMILES string of the molecule is COc1ccc(C(O)C(C)=O)cc1OC. The molecule has 0 saturated carbocycles. The van der Waals surface area contributed by atoms with Gasteiger partial charge in [0.1, 0.15) is 6.10 Å². The topological polar surface area (TPSA) is 55.8 Å². The molecular weight excluding hydrogens is 196 g/mol. The van der Waals surface area contributed by atoms with Crippen molar-refractivity contribution in [3.63, 3.8) is 0 Å². The fourth-order valence-corrected chi connectivity index (χ4v) is 1.26. The molecule has 0 aromatic heterocycles. The summed E-state index contributed by atoms with van der Waals surface area (Å²) in [4.78, 5) is 11.0. The summed E-state index contributed by atoms with van der Waals surface area (Å²) in [6.45, 7) is 1.33. The number of aliphatic hydroxyl groups is 1. The third-order valence-corrected chi connectivity index (χ3v) is 2.11. The molecule has 1 unspecified atom stereocenters. The highest BCUT2D eigenvalue weighted by Gasteiger charge is 2.15. The van der Waals surface area contributed by atoms with Gasteiger partial charge in [-0.25, -0.2) is 0 Å². The largest absolute Gasteiger partial charge is 0.493 e. The third kappa shape index (κ3) is 2.47. The molecule has 0 aliphatic rings. The maximum atomic E-state index is 11.0. The maximum absolute atomic E-state index is 11.0. The van der Waals surface area contributed by atoms with Crippen molar-refractivity contribution in [2.24, 2.45) is 0 Å². The Bertz CT molecular complexity index is 360. The van der Waals surface area contributed by atoms with Crippen molar-refractivity contribution in [3.05, 3.63) is 23.8 Å². The van der Waals surface area contributed by atoms with E-state index in [1.807, 2.05) is 0 Å². The summed E-state index contributed by atoms with van der Waals surface area (Å²) in [5.74, 6) is 0.759. The molecule has 1 aromatic rings. The zero-order valence-electron chi connectivity index (χ0n) is 8.98. The molecule has 15 heavy (non-hydrogen) atoms. The van der Waals surface area contributed by atoms with Crippen LogP contribution in [0.2, 0.25) is 0 Å². The van der Waals surface area contributed by atoms with Gasteiger partial charge in [-0.15, -0.1) is 0 Å². The first kappa shape index (κ1) is 11.5.